The fraction of sp³-hybridized carbons (Fsp3) is 0.450. The van der Waals surface area contributed by atoms with Gasteiger partial charge in [0.15, 0.2) is 0 Å². The zero-order chi connectivity index (χ0) is 16.5. The molecule has 0 amide bonds. The van der Waals surface area contributed by atoms with Gasteiger partial charge in [-0.05, 0) is 0 Å². The molecule has 0 bridgehead atoms. The van der Waals surface area contributed by atoms with E-state index in [1.54, 1.807) is 9.96 Å². The molecular weight excluding hydrogens is 327 g/mol. The van der Waals surface area contributed by atoms with Crippen LogP contribution < -0.4 is 8.96 Å². The Morgan fingerprint density at radius 3 is 2.32 bits per heavy atom. The van der Waals surface area contributed by atoms with Gasteiger partial charge in [-0.2, -0.15) is 0 Å². The first-order valence-corrected chi connectivity index (χ1v) is 15.7. The van der Waals surface area contributed by atoms with E-state index in [0.717, 1.165) is 0 Å². The van der Waals surface area contributed by atoms with Gasteiger partial charge >= 0.3 is 139 Å². The summed E-state index contributed by atoms with van der Waals surface area (Å²) in [5, 5.41) is 0. The van der Waals surface area contributed by atoms with E-state index in [0.29, 0.717) is 5.92 Å². The van der Waals surface area contributed by atoms with E-state index in [1.807, 2.05) is 0 Å². The van der Waals surface area contributed by atoms with Crippen LogP contribution in [0.15, 0.2) is 36.5 Å². The fourth-order valence-electron chi connectivity index (χ4n) is 3.06. The van der Waals surface area contributed by atoms with Crippen LogP contribution in [0.3, 0.4) is 0 Å². The van der Waals surface area contributed by atoms with E-state index in [4.69, 9.17) is 0 Å². The van der Waals surface area contributed by atoms with Crippen molar-refractivity contribution in [1.29, 1.82) is 0 Å². The topological polar surface area (TPSA) is 3.88 Å². The van der Waals surface area contributed by atoms with Crippen molar-refractivity contribution in [3.63, 3.8) is 0 Å². The molecule has 0 N–H and O–H groups in total. The van der Waals surface area contributed by atoms with Crippen LogP contribution in [0.25, 0.3) is 11.3 Å². The van der Waals surface area contributed by atoms with Crippen molar-refractivity contribution in [3.8, 4) is 11.3 Å². The summed E-state index contributed by atoms with van der Waals surface area (Å²) < 4.78 is 3.98. The molecule has 1 unspecified atom stereocenters. The summed E-state index contributed by atoms with van der Waals surface area (Å²) in [5.41, 5.74) is 5.62. The minimum atomic E-state index is -1.91. The predicted octanol–water partition coefficient (Wildman–Crippen LogP) is 4.55. The summed E-state index contributed by atoms with van der Waals surface area (Å²) >= 11 is -1.91. The zero-order valence-corrected chi connectivity index (χ0v) is 17.3. The van der Waals surface area contributed by atoms with Gasteiger partial charge in [-0.15, -0.1) is 0 Å². The van der Waals surface area contributed by atoms with Gasteiger partial charge in [0.2, 0.25) is 0 Å². The summed E-state index contributed by atoms with van der Waals surface area (Å²) in [7, 11) is 2.19. The molecule has 1 heterocycles. The Morgan fingerprint density at radius 1 is 1.14 bits per heavy atom. The van der Waals surface area contributed by atoms with Crippen molar-refractivity contribution >= 4 is 17.7 Å². The molecule has 0 radical (unpaired) electrons. The number of nitrogens with zero attached hydrogens (tertiary/aromatic N) is 1. The first-order valence-electron chi connectivity index (χ1n) is 8.35. The van der Waals surface area contributed by atoms with Crippen molar-refractivity contribution in [1.82, 2.24) is 0 Å². The molecule has 22 heavy (non-hydrogen) atoms. The molecule has 1 aromatic carbocycles. The van der Waals surface area contributed by atoms with Crippen molar-refractivity contribution in [2.24, 2.45) is 7.05 Å². The Balaban J connectivity index is 2.71. The van der Waals surface area contributed by atoms with Crippen LogP contribution in [0.1, 0.15) is 37.3 Å². The molecule has 2 heteroatoms. The number of aromatic nitrogens is 1. The summed E-state index contributed by atoms with van der Waals surface area (Å²) in [5.74, 6) is 8.14. The second kappa shape index (κ2) is 6.58. The second-order valence-electron chi connectivity index (χ2n) is 7.51. The SMILES string of the molecule is CCC(C)c1c[n+](C)c(-c2ccccc2C)c[c]1[Ge]([CH3])([CH3])[CH3]. The van der Waals surface area contributed by atoms with Crippen LogP contribution >= 0.6 is 0 Å². The standard InChI is InChI=1S/C20H30GeN/c1-8-15(2)18-14-22(7)20(13-19(18)21(4,5)6)17-12-10-9-11-16(17)3/h9-15H,8H2,1-7H3/q+1. The Morgan fingerprint density at radius 2 is 1.77 bits per heavy atom. The van der Waals surface area contributed by atoms with E-state index < -0.39 is 13.3 Å². The zero-order valence-electron chi connectivity index (χ0n) is 15.2. The third-order valence-corrected chi connectivity index (χ3v) is 8.98. The number of aryl methyl sites for hydroxylation is 2. The predicted molar refractivity (Wildman–Crippen MR) is 99.5 cm³/mol. The molecule has 1 aromatic heterocycles. The van der Waals surface area contributed by atoms with E-state index in [1.165, 1.54) is 23.2 Å². The number of rotatable bonds is 4. The fourth-order valence-corrected chi connectivity index (χ4v) is 6.72. The molecule has 0 saturated heterocycles. The Hall–Kier alpha value is -1.09. The normalized spacial score (nSPS) is 13.2. The summed E-state index contributed by atoms with van der Waals surface area (Å²) in [4.78, 5) is 0. The third-order valence-electron chi connectivity index (χ3n) is 4.68. The van der Waals surface area contributed by atoms with Crippen LogP contribution in [0, 0.1) is 6.92 Å². The summed E-state index contributed by atoms with van der Waals surface area (Å²) in [6, 6.07) is 11.2. The van der Waals surface area contributed by atoms with Crippen LogP contribution in [0.2, 0.25) is 17.3 Å². The Kier molecular flexibility index (Phi) is 5.16. The van der Waals surface area contributed by atoms with Gasteiger partial charge in [-0.25, -0.2) is 0 Å². The third kappa shape index (κ3) is 3.45. The van der Waals surface area contributed by atoms with Crippen molar-refractivity contribution < 1.29 is 4.57 Å². The van der Waals surface area contributed by atoms with Crippen molar-refractivity contribution in [2.45, 2.75) is 50.4 Å². The van der Waals surface area contributed by atoms with Gasteiger partial charge in [0.1, 0.15) is 0 Å². The number of hydrogen-bond acceptors (Lipinski definition) is 0. The van der Waals surface area contributed by atoms with Gasteiger partial charge in [0, 0.05) is 0 Å². The maximum atomic E-state index is 2.50. The molecule has 0 aliphatic heterocycles. The van der Waals surface area contributed by atoms with Gasteiger partial charge in [0.05, 0.1) is 0 Å². The Labute approximate surface area is 138 Å². The molecular formula is C20H30GeN+. The van der Waals surface area contributed by atoms with Crippen molar-refractivity contribution in [2.75, 3.05) is 0 Å². The van der Waals surface area contributed by atoms with E-state index >= 15 is 0 Å². The Bertz CT molecular complexity index is 668. The molecule has 0 spiro atoms. The molecule has 0 saturated carbocycles. The minimum absolute atomic E-state index is 0.636. The molecule has 2 rings (SSSR count). The molecule has 1 atom stereocenters. The van der Waals surface area contributed by atoms with E-state index in [2.05, 4.69) is 86.2 Å². The molecule has 0 aliphatic rings. The first-order chi connectivity index (χ1) is 10.3. The average Bonchev–Trinajstić information content (AvgIpc) is 2.46. The van der Waals surface area contributed by atoms with E-state index in [9.17, 15) is 0 Å². The quantitative estimate of drug-likeness (QED) is 0.559. The second-order valence-corrected chi connectivity index (χ2v) is 18.1. The molecule has 2 aromatic rings. The average molecular weight is 357 g/mol. The van der Waals surface area contributed by atoms with Gasteiger partial charge in [0.25, 0.3) is 0 Å². The molecule has 118 valence electrons. The number of hydrogen-bond donors (Lipinski definition) is 0. The van der Waals surface area contributed by atoms with Crippen LogP contribution in [0.4, 0.5) is 0 Å². The summed E-state index contributed by atoms with van der Waals surface area (Å²) in [6.07, 6.45) is 3.59. The molecule has 1 nitrogen and oxygen atoms in total. The van der Waals surface area contributed by atoms with Gasteiger partial charge in [-0.1, -0.05) is 0 Å². The van der Waals surface area contributed by atoms with Crippen molar-refractivity contribution in [3.05, 3.63) is 47.7 Å². The van der Waals surface area contributed by atoms with Gasteiger partial charge < -0.3 is 0 Å². The first kappa shape index (κ1) is 17.3. The van der Waals surface area contributed by atoms with Crippen LogP contribution in [-0.2, 0) is 7.05 Å². The summed E-state index contributed by atoms with van der Waals surface area (Å²) in [6.45, 7) is 6.86. The maximum absolute atomic E-state index is 2.50. The monoisotopic (exact) mass is 358 g/mol. The molecule has 0 aliphatic carbocycles. The number of pyridine rings is 1. The number of benzene rings is 1. The molecule has 0 fully saturated rings. The van der Waals surface area contributed by atoms with Crippen LogP contribution in [-0.4, -0.2) is 13.3 Å². The van der Waals surface area contributed by atoms with Gasteiger partial charge in [-0.3, -0.25) is 0 Å². The van der Waals surface area contributed by atoms with E-state index in [-0.39, 0.29) is 0 Å². The van der Waals surface area contributed by atoms with Crippen LogP contribution in [0.5, 0.6) is 0 Å².